The van der Waals surface area contributed by atoms with Crippen LogP contribution in [-0.2, 0) is 4.79 Å². The van der Waals surface area contributed by atoms with Gasteiger partial charge in [0.05, 0.1) is 0 Å². The third-order valence-electron chi connectivity index (χ3n) is 4.25. The molecule has 1 saturated heterocycles. The van der Waals surface area contributed by atoms with Gasteiger partial charge in [-0.15, -0.1) is 0 Å². The third-order valence-corrected chi connectivity index (χ3v) is 4.25. The van der Waals surface area contributed by atoms with Crippen LogP contribution in [-0.4, -0.2) is 65.7 Å². The maximum atomic E-state index is 12.5. The molecule has 1 aromatic heterocycles. The Hall–Kier alpha value is -2.13. The first kappa shape index (κ1) is 20.2. The number of anilines is 2. The minimum absolute atomic E-state index is 0.113. The summed E-state index contributed by atoms with van der Waals surface area (Å²) in [5.74, 6) is 0.247. The number of amides is 1. The lowest BCUT2D eigenvalue weighted by molar-refractivity contribution is -0.186. The van der Waals surface area contributed by atoms with Crippen LogP contribution in [0.15, 0.2) is 0 Å². The lowest BCUT2D eigenvalue weighted by atomic mass is 9.97. The monoisotopic (exact) mass is 374 g/mol. The summed E-state index contributed by atoms with van der Waals surface area (Å²) in [5, 5.41) is 3.16. The largest absolute Gasteiger partial charge is 0.471 e. The molecule has 1 fully saturated rings. The predicted molar refractivity (Wildman–Crippen MR) is 92.1 cm³/mol. The first-order valence-electron chi connectivity index (χ1n) is 8.61. The highest BCUT2D eigenvalue weighted by atomic mass is 19.4. The number of hydrogen-bond donors (Lipinski definition) is 1. The highest BCUT2D eigenvalue weighted by molar-refractivity contribution is 5.81. The lowest BCUT2D eigenvalue weighted by Gasteiger charge is -2.32. The highest BCUT2D eigenvalue weighted by Gasteiger charge is 2.43. The van der Waals surface area contributed by atoms with E-state index in [0.29, 0.717) is 37.1 Å². The Morgan fingerprint density at radius 2 is 1.85 bits per heavy atom. The topological polar surface area (TPSA) is 74.2 Å². The van der Waals surface area contributed by atoms with Gasteiger partial charge in [-0.3, -0.25) is 4.79 Å². The zero-order valence-electron chi connectivity index (χ0n) is 15.5. The van der Waals surface area contributed by atoms with Crippen molar-refractivity contribution in [2.75, 3.05) is 43.9 Å². The van der Waals surface area contributed by atoms with E-state index in [9.17, 15) is 18.0 Å². The van der Waals surface area contributed by atoms with Crippen LogP contribution in [0.4, 0.5) is 25.1 Å². The van der Waals surface area contributed by atoms with E-state index in [1.54, 1.807) is 4.90 Å². The van der Waals surface area contributed by atoms with Gasteiger partial charge in [-0.1, -0.05) is 13.8 Å². The van der Waals surface area contributed by atoms with Gasteiger partial charge in [-0.2, -0.15) is 28.1 Å². The molecule has 1 aliphatic heterocycles. The van der Waals surface area contributed by atoms with E-state index in [2.05, 4.69) is 20.3 Å². The van der Waals surface area contributed by atoms with Crippen LogP contribution in [0.5, 0.6) is 0 Å². The molecular weight excluding hydrogens is 349 g/mol. The number of rotatable bonds is 5. The molecule has 2 rings (SSSR count). The molecule has 0 saturated carbocycles. The summed E-state index contributed by atoms with van der Waals surface area (Å²) in [4.78, 5) is 27.1. The lowest BCUT2D eigenvalue weighted by Crippen LogP contribution is -2.46. The second kappa shape index (κ2) is 8.05. The number of hydrogen-bond acceptors (Lipinski definition) is 6. The van der Waals surface area contributed by atoms with E-state index < -0.39 is 12.1 Å². The second-order valence-corrected chi connectivity index (χ2v) is 6.98. The molecule has 2 heterocycles. The molecule has 7 nitrogen and oxygen atoms in total. The van der Waals surface area contributed by atoms with Crippen molar-refractivity contribution in [3.63, 3.8) is 0 Å². The van der Waals surface area contributed by atoms with Gasteiger partial charge in [0, 0.05) is 39.6 Å². The van der Waals surface area contributed by atoms with Gasteiger partial charge in [-0.05, 0) is 18.8 Å². The normalized spacial score (nSPS) is 16.1. The van der Waals surface area contributed by atoms with Crippen LogP contribution >= 0.6 is 0 Å². The summed E-state index contributed by atoms with van der Waals surface area (Å²) in [5.41, 5.74) is 0. The van der Waals surface area contributed by atoms with Crippen LogP contribution < -0.4 is 10.2 Å². The van der Waals surface area contributed by atoms with E-state index >= 15 is 0 Å². The standard InChI is InChI=1S/C16H25F3N6O/c1-10(2)12-21-14(23-15(22-12)24(3)4)20-9-11-5-7-25(8-6-11)13(26)16(17,18)19/h10-11H,5-9H2,1-4H3,(H,20,21,22,23). The fraction of sp³-hybridized carbons (Fsp3) is 0.750. The van der Waals surface area contributed by atoms with Crippen molar-refractivity contribution in [2.45, 2.75) is 38.8 Å². The van der Waals surface area contributed by atoms with Crippen LogP contribution in [0, 0.1) is 5.92 Å². The van der Waals surface area contributed by atoms with Crippen LogP contribution in [0.1, 0.15) is 38.4 Å². The predicted octanol–water partition coefficient (Wildman–Crippen LogP) is 2.27. The smallest absolute Gasteiger partial charge is 0.354 e. The molecule has 0 bridgehead atoms. The third kappa shape index (κ3) is 5.18. The van der Waals surface area contributed by atoms with Crippen molar-refractivity contribution < 1.29 is 18.0 Å². The molecular formula is C16H25F3N6O. The highest BCUT2D eigenvalue weighted by Crippen LogP contribution is 2.24. The molecule has 26 heavy (non-hydrogen) atoms. The van der Waals surface area contributed by atoms with Gasteiger partial charge in [0.1, 0.15) is 5.82 Å². The Bertz CT molecular complexity index is 601. The molecule has 10 heteroatoms. The molecule has 0 aromatic carbocycles. The number of nitrogens with one attached hydrogen (secondary N) is 1. The van der Waals surface area contributed by atoms with Gasteiger partial charge in [0.15, 0.2) is 0 Å². The van der Waals surface area contributed by atoms with E-state index in [-0.39, 0.29) is 24.9 Å². The molecule has 1 aliphatic rings. The van der Waals surface area contributed by atoms with Crippen molar-refractivity contribution in [3.8, 4) is 0 Å². The average molecular weight is 374 g/mol. The van der Waals surface area contributed by atoms with Gasteiger partial charge in [0.2, 0.25) is 11.9 Å². The molecule has 0 atom stereocenters. The first-order valence-corrected chi connectivity index (χ1v) is 8.61. The van der Waals surface area contributed by atoms with Crippen molar-refractivity contribution in [3.05, 3.63) is 5.82 Å². The average Bonchev–Trinajstić information content (AvgIpc) is 2.58. The molecule has 0 unspecified atom stereocenters. The number of nitrogens with zero attached hydrogens (tertiary/aromatic N) is 5. The number of likely N-dealkylation sites (tertiary alicyclic amines) is 1. The first-order chi connectivity index (χ1) is 12.1. The summed E-state index contributed by atoms with van der Waals surface area (Å²) in [6, 6.07) is 0. The summed E-state index contributed by atoms with van der Waals surface area (Å²) >= 11 is 0. The van der Waals surface area contributed by atoms with Gasteiger partial charge < -0.3 is 15.1 Å². The number of halogens is 3. The minimum Gasteiger partial charge on any atom is -0.354 e. The quantitative estimate of drug-likeness (QED) is 0.852. The Balaban J connectivity index is 1.93. The van der Waals surface area contributed by atoms with Crippen LogP contribution in [0.3, 0.4) is 0 Å². The Kier molecular flexibility index (Phi) is 6.25. The zero-order chi connectivity index (χ0) is 19.5. The summed E-state index contributed by atoms with van der Waals surface area (Å²) in [6.07, 6.45) is -3.78. The molecule has 1 aromatic rings. The molecule has 0 spiro atoms. The van der Waals surface area contributed by atoms with Crippen molar-refractivity contribution in [1.29, 1.82) is 0 Å². The van der Waals surface area contributed by atoms with Gasteiger partial charge >= 0.3 is 12.1 Å². The number of carbonyl (C=O) groups is 1. The molecule has 0 radical (unpaired) electrons. The van der Waals surface area contributed by atoms with E-state index in [0.717, 1.165) is 4.90 Å². The van der Waals surface area contributed by atoms with Crippen molar-refractivity contribution >= 4 is 17.8 Å². The number of carbonyl (C=O) groups excluding carboxylic acids is 1. The fourth-order valence-electron chi connectivity index (χ4n) is 2.67. The fourth-order valence-corrected chi connectivity index (χ4v) is 2.67. The van der Waals surface area contributed by atoms with Crippen molar-refractivity contribution in [1.82, 2.24) is 19.9 Å². The Labute approximate surface area is 151 Å². The number of aromatic nitrogens is 3. The van der Waals surface area contributed by atoms with E-state index in [4.69, 9.17) is 0 Å². The molecule has 1 amide bonds. The van der Waals surface area contributed by atoms with Gasteiger partial charge in [-0.25, -0.2) is 0 Å². The minimum atomic E-state index is -4.80. The van der Waals surface area contributed by atoms with Crippen LogP contribution in [0.2, 0.25) is 0 Å². The summed E-state index contributed by atoms with van der Waals surface area (Å²) in [6.45, 7) is 4.75. The second-order valence-electron chi connectivity index (χ2n) is 6.98. The Morgan fingerprint density at radius 1 is 1.23 bits per heavy atom. The van der Waals surface area contributed by atoms with Gasteiger partial charge in [0.25, 0.3) is 0 Å². The van der Waals surface area contributed by atoms with E-state index in [1.807, 2.05) is 27.9 Å². The molecule has 146 valence electrons. The van der Waals surface area contributed by atoms with E-state index in [1.165, 1.54) is 0 Å². The molecule has 1 N–H and O–H groups in total. The van der Waals surface area contributed by atoms with Crippen molar-refractivity contribution in [2.24, 2.45) is 5.92 Å². The number of piperidine rings is 1. The maximum absolute atomic E-state index is 12.5. The summed E-state index contributed by atoms with van der Waals surface area (Å²) < 4.78 is 37.4. The SMILES string of the molecule is CC(C)c1nc(NCC2CCN(C(=O)C(F)(F)F)CC2)nc(N(C)C)n1. The number of alkyl halides is 3. The van der Waals surface area contributed by atoms with Crippen LogP contribution in [0.25, 0.3) is 0 Å². The zero-order valence-corrected chi connectivity index (χ0v) is 15.5. The summed E-state index contributed by atoms with van der Waals surface area (Å²) in [7, 11) is 3.69. The maximum Gasteiger partial charge on any atom is 0.471 e. The molecule has 0 aliphatic carbocycles. The Morgan fingerprint density at radius 3 is 2.35 bits per heavy atom.